The first-order valence-electron chi connectivity index (χ1n) is 7.70. The molecule has 1 saturated heterocycles. The van der Waals surface area contributed by atoms with E-state index in [4.69, 9.17) is 4.52 Å². The Balaban J connectivity index is 1.67. The molecule has 0 bridgehead atoms. The second-order valence-corrected chi connectivity index (χ2v) is 5.44. The monoisotopic (exact) mass is 286 g/mol. The number of hydrogen-bond acceptors (Lipinski definition) is 5. The number of hydrogen-bond donors (Lipinski definition) is 1. The van der Waals surface area contributed by atoms with Crippen molar-refractivity contribution in [3.63, 3.8) is 0 Å². The fraction of sp³-hybridized carbons (Fsp3) is 0.500. The quantitative estimate of drug-likeness (QED) is 0.932. The third kappa shape index (κ3) is 3.68. The lowest BCUT2D eigenvalue weighted by Crippen LogP contribution is -2.27. The van der Waals surface area contributed by atoms with Gasteiger partial charge in [0.2, 0.25) is 11.7 Å². The summed E-state index contributed by atoms with van der Waals surface area (Å²) in [6.07, 6.45) is 2.21. The molecule has 21 heavy (non-hydrogen) atoms. The molecule has 2 aromatic rings. The van der Waals surface area contributed by atoms with Crippen LogP contribution >= 0.6 is 0 Å². The zero-order valence-electron chi connectivity index (χ0n) is 12.5. The van der Waals surface area contributed by atoms with Gasteiger partial charge in [0, 0.05) is 18.7 Å². The SMILES string of the molecule is CCc1ccc(-c2noc(CN3CCCNCC3)n2)cc1. The fourth-order valence-electron chi connectivity index (χ4n) is 2.58. The van der Waals surface area contributed by atoms with E-state index in [0.717, 1.165) is 44.7 Å². The summed E-state index contributed by atoms with van der Waals surface area (Å²) in [6.45, 7) is 7.12. The fourth-order valence-corrected chi connectivity index (χ4v) is 2.58. The lowest BCUT2D eigenvalue weighted by molar-refractivity contribution is 0.239. The number of benzene rings is 1. The van der Waals surface area contributed by atoms with E-state index in [1.807, 2.05) is 0 Å². The average molecular weight is 286 g/mol. The van der Waals surface area contributed by atoms with Crippen molar-refractivity contribution in [1.82, 2.24) is 20.4 Å². The number of aromatic nitrogens is 2. The van der Waals surface area contributed by atoms with Crippen LogP contribution in [0.2, 0.25) is 0 Å². The Morgan fingerprint density at radius 3 is 2.86 bits per heavy atom. The van der Waals surface area contributed by atoms with E-state index in [2.05, 4.69) is 51.5 Å². The lowest BCUT2D eigenvalue weighted by atomic mass is 10.1. The summed E-state index contributed by atoms with van der Waals surface area (Å²) >= 11 is 0. The van der Waals surface area contributed by atoms with Gasteiger partial charge in [0.15, 0.2) is 0 Å². The highest BCUT2D eigenvalue weighted by molar-refractivity contribution is 5.54. The number of rotatable bonds is 4. The molecule has 5 heteroatoms. The van der Waals surface area contributed by atoms with E-state index in [0.29, 0.717) is 11.7 Å². The van der Waals surface area contributed by atoms with E-state index < -0.39 is 0 Å². The molecule has 0 saturated carbocycles. The van der Waals surface area contributed by atoms with Gasteiger partial charge in [-0.05, 0) is 31.5 Å². The molecule has 0 amide bonds. The Bertz CT molecular complexity index is 556. The number of aryl methyl sites for hydroxylation is 1. The minimum Gasteiger partial charge on any atom is -0.338 e. The van der Waals surface area contributed by atoms with Gasteiger partial charge in [-0.1, -0.05) is 36.3 Å². The van der Waals surface area contributed by atoms with Crippen molar-refractivity contribution in [2.24, 2.45) is 0 Å². The van der Waals surface area contributed by atoms with Crippen LogP contribution in [-0.2, 0) is 13.0 Å². The van der Waals surface area contributed by atoms with Gasteiger partial charge in [0.05, 0.1) is 6.54 Å². The summed E-state index contributed by atoms with van der Waals surface area (Å²) in [5.74, 6) is 1.38. The second kappa shape index (κ2) is 6.83. The molecular weight excluding hydrogens is 264 g/mol. The highest BCUT2D eigenvalue weighted by atomic mass is 16.5. The molecule has 1 aliphatic heterocycles. The first-order chi connectivity index (χ1) is 10.3. The van der Waals surface area contributed by atoms with Crippen molar-refractivity contribution < 1.29 is 4.52 Å². The normalized spacial score (nSPS) is 16.8. The van der Waals surface area contributed by atoms with Crippen LogP contribution in [-0.4, -0.2) is 41.2 Å². The molecule has 0 spiro atoms. The van der Waals surface area contributed by atoms with Crippen LogP contribution in [0.5, 0.6) is 0 Å². The van der Waals surface area contributed by atoms with E-state index in [1.165, 1.54) is 12.0 Å². The standard InChI is InChI=1S/C16H22N4O/c1-2-13-4-6-14(7-5-13)16-18-15(21-19-16)12-20-10-3-8-17-9-11-20/h4-7,17H,2-3,8-12H2,1H3. The molecule has 5 nitrogen and oxygen atoms in total. The Morgan fingerprint density at radius 2 is 2.05 bits per heavy atom. The van der Waals surface area contributed by atoms with Crippen molar-refractivity contribution in [3.8, 4) is 11.4 Å². The van der Waals surface area contributed by atoms with Gasteiger partial charge in [-0.2, -0.15) is 4.98 Å². The largest absolute Gasteiger partial charge is 0.338 e. The molecule has 0 radical (unpaired) electrons. The summed E-state index contributed by atoms with van der Waals surface area (Å²) < 4.78 is 5.40. The maximum atomic E-state index is 5.40. The van der Waals surface area contributed by atoms with E-state index in [-0.39, 0.29) is 0 Å². The van der Waals surface area contributed by atoms with Gasteiger partial charge < -0.3 is 9.84 Å². The van der Waals surface area contributed by atoms with Crippen molar-refractivity contribution in [2.45, 2.75) is 26.3 Å². The molecule has 1 N–H and O–H groups in total. The summed E-state index contributed by atoms with van der Waals surface area (Å²) in [7, 11) is 0. The van der Waals surface area contributed by atoms with E-state index in [1.54, 1.807) is 0 Å². The van der Waals surface area contributed by atoms with Crippen LogP contribution < -0.4 is 5.32 Å². The maximum Gasteiger partial charge on any atom is 0.241 e. The third-order valence-electron chi connectivity index (χ3n) is 3.88. The first kappa shape index (κ1) is 14.2. The highest BCUT2D eigenvalue weighted by Crippen LogP contribution is 2.17. The number of nitrogens with one attached hydrogen (secondary N) is 1. The van der Waals surface area contributed by atoms with E-state index >= 15 is 0 Å². The maximum absolute atomic E-state index is 5.40. The Hall–Kier alpha value is -1.72. The third-order valence-corrected chi connectivity index (χ3v) is 3.88. The molecule has 2 heterocycles. The van der Waals surface area contributed by atoms with Crippen molar-refractivity contribution >= 4 is 0 Å². The minimum atomic E-state index is 0.681. The van der Waals surface area contributed by atoms with Crippen LogP contribution in [0, 0.1) is 0 Å². The van der Waals surface area contributed by atoms with Crippen molar-refractivity contribution in [2.75, 3.05) is 26.2 Å². The Morgan fingerprint density at radius 1 is 1.19 bits per heavy atom. The minimum absolute atomic E-state index is 0.681. The van der Waals surface area contributed by atoms with Crippen molar-refractivity contribution in [3.05, 3.63) is 35.7 Å². The molecule has 1 aromatic heterocycles. The van der Waals surface area contributed by atoms with Gasteiger partial charge >= 0.3 is 0 Å². The number of nitrogens with zero attached hydrogens (tertiary/aromatic N) is 3. The van der Waals surface area contributed by atoms with Crippen LogP contribution in [0.4, 0.5) is 0 Å². The van der Waals surface area contributed by atoms with Crippen LogP contribution in [0.25, 0.3) is 11.4 Å². The molecule has 0 atom stereocenters. The molecule has 1 fully saturated rings. The smallest absolute Gasteiger partial charge is 0.241 e. The van der Waals surface area contributed by atoms with E-state index in [9.17, 15) is 0 Å². The van der Waals surface area contributed by atoms with Gasteiger partial charge in [0.25, 0.3) is 0 Å². The zero-order chi connectivity index (χ0) is 14.5. The molecular formula is C16H22N4O. The molecule has 3 rings (SSSR count). The highest BCUT2D eigenvalue weighted by Gasteiger charge is 2.14. The van der Waals surface area contributed by atoms with Crippen molar-refractivity contribution in [1.29, 1.82) is 0 Å². The predicted octanol–water partition coefficient (Wildman–Crippen LogP) is 2.09. The average Bonchev–Trinajstić information content (AvgIpc) is 2.83. The molecule has 1 aliphatic rings. The van der Waals surface area contributed by atoms with Gasteiger partial charge in [0.1, 0.15) is 0 Å². The lowest BCUT2D eigenvalue weighted by Gasteiger charge is -2.16. The topological polar surface area (TPSA) is 54.2 Å². The van der Waals surface area contributed by atoms with Gasteiger partial charge in [-0.25, -0.2) is 0 Å². The Labute approximate surface area is 125 Å². The first-order valence-corrected chi connectivity index (χ1v) is 7.70. The zero-order valence-corrected chi connectivity index (χ0v) is 12.5. The van der Waals surface area contributed by atoms with Crippen LogP contribution in [0.15, 0.2) is 28.8 Å². The summed E-state index contributed by atoms with van der Waals surface area (Å²) in [6, 6.07) is 8.35. The second-order valence-electron chi connectivity index (χ2n) is 5.44. The molecule has 1 aromatic carbocycles. The molecule has 0 aliphatic carbocycles. The summed E-state index contributed by atoms with van der Waals surface area (Å²) in [5, 5.41) is 7.50. The summed E-state index contributed by atoms with van der Waals surface area (Å²) in [5.41, 5.74) is 2.33. The van der Waals surface area contributed by atoms with Crippen LogP contribution in [0.1, 0.15) is 24.8 Å². The summed E-state index contributed by atoms with van der Waals surface area (Å²) in [4.78, 5) is 6.88. The molecule has 112 valence electrons. The van der Waals surface area contributed by atoms with Crippen LogP contribution in [0.3, 0.4) is 0 Å². The van der Waals surface area contributed by atoms with Gasteiger partial charge in [-0.3, -0.25) is 4.90 Å². The van der Waals surface area contributed by atoms with Gasteiger partial charge in [-0.15, -0.1) is 0 Å². The Kier molecular flexibility index (Phi) is 4.62. The molecule has 0 unspecified atom stereocenters. The predicted molar refractivity (Wildman–Crippen MR) is 81.9 cm³/mol.